The van der Waals surface area contributed by atoms with E-state index in [4.69, 9.17) is 11.6 Å². The average Bonchev–Trinajstić information content (AvgIpc) is 2.30. The second-order valence-electron chi connectivity index (χ2n) is 3.13. The molecule has 4 nitrogen and oxygen atoms in total. The lowest BCUT2D eigenvalue weighted by molar-refractivity contribution is 0.0555. The Labute approximate surface area is 98.1 Å². The van der Waals surface area contributed by atoms with E-state index in [0.717, 1.165) is 0 Å². The first-order valence-corrected chi connectivity index (χ1v) is 4.85. The second kappa shape index (κ2) is 4.99. The van der Waals surface area contributed by atoms with E-state index in [0.29, 0.717) is 10.6 Å². The van der Waals surface area contributed by atoms with E-state index in [1.54, 1.807) is 6.92 Å². The molecule has 0 amide bonds. The highest BCUT2D eigenvalue weighted by Gasteiger charge is 2.19. The lowest BCUT2D eigenvalue weighted by Crippen LogP contribution is -2.12. The van der Waals surface area contributed by atoms with Crippen LogP contribution in [0.1, 0.15) is 26.3 Å². The van der Waals surface area contributed by atoms with Crippen LogP contribution >= 0.6 is 11.6 Å². The molecule has 0 heterocycles. The molecule has 0 unspecified atom stereocenters. The highest BCUT2D eigenvalue weighted by molar-refractivity contribution is 6.32. The third kappa shape index (κ3) is 2.33. The molecule has 0 aliphatic carbocycles. The monoisotopic (exact) mass is 242 g/mol. The first-order valence-electron chi connectivity index (χ1n) is 4.48. The summed E-state index contributed by atoms with van der Waals surface area (Å²) < 4.78 is 9.14. The number of esters is 2. The molecule has 1 rings (SSSR count). The van der Waals surface area contributed by atoms with Crippen molar-refractivity contribution >= 4 is 23.5 Å². The summed E-state index contributed by atoms with van der Waals surface area (Å²) in [6, 6.07) is 2.90. The van der Waals surface area contributed by atoms with Crippen molar-refractivity contribution in [2.24, 2.45) is 0 Å². The molecule has 16 heavy (non-hydrogen) atoms. The summed E-state index contributed by atoms with van der Waals surface area (Å²) >= 11 is 5.87. The highest BCUT2D eigenvalue weighted by atomic mass is 35.5. The van der Waals surface area contributed by atoms with Gasteiger partial charge in [0.2, 0.25) is 0 Å². The fraction of sp³-hybridized carbons (Fsp3) is 0.273. The number of carbonyl (C=O) groups is 2. The molecule has 0 N–H and O–H groups in total. The van der Waals surface area contributed by atoms with Crippen molar-refractivity contribution in [2.75, 3.05) is 14.2 Å². The van der Waals surface area contributed by atoms with E-state index >= 15 is 0 Å². The molecule has 0 aromatic heterocycles. The van der Waals surface area contributed by atoms with Gasteiger partial charge in [0.1, 0.15) is 0 Å². The predicted molar refractivity (Wildman–Crippen MR) is 58.9 cm³/mol. The van der Waals surface area contributed by atoms with Gasteiger partial charge in [-0.25, -0.2) is 9.59 Å². The van der Waals surface area contributed by atoms with Crippen LogP contribution < -0.4 is 0 Å². The standard InChI is InChI=1S/C11H11ClO4/c1-6-4-7(10(13)15-2)8(5-9(6)12)11(14)16-3/h4-5H,1-3H3. The molecular formula is C11H11ClO4. The molecule has 0 aliphatic heterocycles. The van der Waals surface area contributed by atoms with Gasteiger partial charge in [-0.3, -0.25) is 0 Å². The fourth-order valence-corrected chi connectivity index (χ4v) is 1.40. The quantitative estimate of drug-likeness (QED) is 0.747. The summed E-state index contributed by atoms with van der Waals surface area (Å²) in [7, 11) is 2.48. The van der Waals surface area contributed by atoms with Gasteiger partial charge in [0.25, 0.3) is 0 Å². The maximum Gasteiger partial charge on any atom is 0.338 e. The average molecular weight is 243 g/mol. The number of hydrogen-bond donors (Lipinski definition) is 0. The van der Waals surface area contributed by atoms with Crippen molar-refractivity contribution in [3.8, 4) is 0 Å². The van der Waals surface area contributed by atoms with E-state index in [9.17, 15) is 9.59 Å². The lowest BCUT2D eigenvalue weighted by atomic mass is 10.0. The smallest absolute Gasteiger partial charge is 0.338 e. The van der Waals surface area contributed by atoms with Gasteiger partial charge in [-0.05, 0) is 24.6 Å². The van der Waals surface area contributed by atoms with Crippen LogP contribution in [-0.2, 0) is 9.47 Å². The van der Waals surface area contributed by atoms with Crippen LogP contribution in [0.25, 0.3) is 0 Å². The molecule has 0 spiro atoms. The van der Waals surface area contributed by atoms with Crippen LogP contribution in [0.3, 0.4) is 0 Å². The Balaban J connectivity index is 3.38. The van der Waals surface area contributed by atoms with E-state index in [1.165, 1.54) is 26.4 Å². The molecule has 0 bridgehead atoms. The highest BCUT2D eigenvalue weighted by Crippen LogP contribution is 2.22. The summed E-state index contributed by atoms with van der Waals surface area (Å²) in [5.74, 6) is -1.22. The number of methoxy groups -OCH3 is 2. The predicted octanol–water partition coefficient (Wildman–Crippen LogP) is 2.22. The summed E-state index contributed by atoms with van der Waals surface area (Å²) in [5, 5.41) is 0.396. The van der Waals surface area contributed by atoms with Crippen molar-refractivity contribution in [2.45, 2.75) is 6.92 Å². The van der Waals surface area contributed by atoms with Gasteiger partial charge >= 0.3 is 11.9 Å². The van der Waals surface area contributed by atoms with Gasteiger partial charge in [0, 0.05) is 5.02 Å². The van der Waals surface area contributed by atoms with Crippen molar-refractivity contribution in [1.82, 2.24) is 0 Å². The van der Waals surface area contributed by atoms with Gasteiger partial charge in [0.05, 0.1) is 25.3 Å². The molecule has 1 aromatic carbocycles. The largest absolute Gasteiger partial charge is 0.465 e. The van der Waals surface area contributed by atoms with Crippen LogP contribution in [0.5, 0.6) is 0 Å². The van der Waals surface area contributed by atoms with Gasteiger partial charge in [0.15, 0.2) is 0 Å². The SMILES string of the molecule is COC(=O)c1cc(C)c(Cl)cc1C(=O)OC. The van der Waals surface area contributed by atoms with E-state index in [2.05, 4.69) is 9.47 Å². The van der Waals surface area contributed by atoms with Crippen molar-refractivity contribution in [3.63, 3.8) is 0 Å². The maximum absolute atomic E-state index is 11.4. The topological polar surface area (TPSA) is 52.6 Å². The third-order valence-corrected chi connectivity index (χ3v) is 2.52. The fourth-order valence-electron chi connectivity index (χ4n) is 1.24. The molecule has 0 saturated heterocycles. The number of rotatable bonds is 2. The molecule has 5 heteroatoms. The Morgan fingerprint density at radius 3 is 1.94 bits per heavy atom. The van der Waals surface area contributed by atoms with E-state index in [1.807, 2.05) is 0 Å². The Kier molecular flexibility index (Phi) is 3.90. The van der Waals surface area contributed by atoms with Gasteiger partial charge < -0.3 is 9.47 Å². The Morgan fingerprint density at radius 1 is 1.06 bits per heavy atom. The summed E-state index contributed by atoms with van der Waals surface area (Å²) in [5.41, 5.74) is 0.941. The molecule has 1 aromatic rings. The number of carbonyl (C=O) groups excluding carboxylic acids is 2. The zero-order chi connectivity index (χ0) is 12.3. The lowest BCUT2D eigenvalue weighted by Gasteiger charge is -2.08. The normalized spacial score (nSPS) is 9.75. The molecular weight excluding hydrogens is 232 g/mol. The van der Waals surface area contributed by atoms with Crippen molar-refractivity contribution < 1.29 is 19.1 Å². The first-order chi connectivity index (χ1) is 7.51. The minimum atomic E-state index is -0.623. The van der Waals surface area contributed by atoms with Crippen LogP contribution in [0.15, 0.2) is 12.1 Å². The third-order valence-electron chi connectivity index (χ3n) is 2.11. The zero-order valence-electron chi connectivity index (χ0n) is 9.17. The Bertz CT molecular complexity index is 399. The molecule has 0 fully saturated rings. The van der Waals surface area contributed by atoms with Gasteiger partial charge in [-0.2, -0.15) is 0 Å². The van der Waals surface area contributed by atoms with Crippen molar-refractivity contribution in [1.29, 1.82) is 0 Å². The summed E-state index contributed by atoms with van der Waals surface area (Å²) in [4.78, 5) is 22.9. The van der Waals surface area contributed by atoms with E-state index in [-0.39, 0.29) is 11.1 Å². The molecule has 86 valence electrons. The van der Waals surface area contributed by atoms with Crippen LogP contribution in [0, 0.1) is 6.92 Å². The maximum atomic E-state index is 11.4. The number of aryl methyl sites for hydroxylation is 1. The van der Waals surface area contributed by atoms with Crippen molar-refractivity contribution in [3.05, 3.63) is 33.8 Å². The summed E-state index contributed by atoms with van der Waals surface area (Å²) in [6.07, 6.45) is 0. The number of halogens is 1. The Morgan fingerprint density at radius 2 is 1.50 bits per heavy atom. The minimum Gasteiger partial charge on any atom is -0.465 e. The van der Waals surface area contributed by atoms with Crippen LogP contribution in [0.2, 0.25) is 5.02 Å². The number of ether oxygens (including phenoxy) is 2. The van der Waals surface area contributed by atoms with Crippen LogP contribution in [-0.4, -0.2) is 26.2 Å². The first kappa shape index (κ1) is 12.5. The number of benzene rings is 1. The van der Waals surface area contributed by atoms with Gasteiger partial charge in [-0.15, -0.1) is 0 Å². The molecule has 0 aliphatic rings. The molecule has 0 saturated carbocycles. The molecule has 0 atom stereocenters. The van der Waals surface area contributed by atoms with E-state index < -0.39 is 11.9 Å². The van der Waals surface area contributed by atoms with Crippen LogP contribution in [0.4, 0.5) is 0 Å². The molecule has 0 radical (unpaired) electrons. The zero-order valence-corrected chi connectivity index (χ0v) is 9.92. The van der Waals surface area contributed by atoms with Gasteiger partial charge in [-0.1, -0.05) is 11.6 Å². The number of hydrogen-bond acceptors (Lipinski definition) is 4. The summed E-state index contributed by atoms with van der Waals surface area (Å²) in [6.45, 7) is 1.73. The Hall–Kier alpha value is -1.55. The second-order valence-corrected chi connectivity index (χ2v) is 3.54. The minimum absolute atomic E-state index is 0.102.